The number of fused-ring (bicyclic) bond motifs is 1. The minimum Gasteiger partial charge on any atom is -0.366 e. The zero-order valence-electron chi connectivity index (χ0n) is 18.8. The molecule has 6 rings (SSSR count). The van der Waals surface area contributed by atoms with Crippen LogP contribution in [-0.2, 0) is 21.4 Å². The molecule has 0 unspecified atom stereocenters. The molecule has 0 aromatic carbocycles. The van der Waals surface area contributed by atoms with Crippen molar-refractivity contribution < 1.29 is 27.5 Å². The lowest BCUT2D eigenvalue weighted by Crippen LogP contribution is -2.68. The second-order valence-corrected chi connectivity index (χ2v) is 10.8. The molecule has 3 aliphatic heterocycles. The first-order valence-electron chi connectivity index (χ1n) is 12.0. The number of amides is 3. The topological polar surface area (TPSA) is 87.7 Å². The highest BCUT2D eigenvalue weighted by atomic mass is 19.4. The molecule has 2 atom stereocenters. The van der Waals surface area contributed by atoms with Gasteiger partial charge in [0.05, 0.1) is 17.8 Å². The molecule has 2 saturated carbocycles. The molecule has 5 aliphatic rings. The first-order valence-corrected chi connectivity index (χ1v) is 12.0. The predicted octanol–water partition coefficient (Wildman–Crippen LogP) is 2.03. The van der Waals surface area contributed by atoms with Gasteiger partial charge in [0.1, 0.15) is 17.8 Å². The van der Waals surface area contributed by atoms with E-state index in [9.17, 15) is 22.8 Å². The largest absolute Gasteiger partial charge is 0.399 e. The Bertz CT molecular complexity index is 1000. The second-order valence-electron chi connectivity index (χ2n) is 10.8. The summed E-state index contributed by atoms with van der Waals surface area (Å²) in [5, 5.41) is 2.92. The Morgan fingerprint density at radius 3 is 2.71 bits per heavy atom. The molecule has 184 valence electrons. The summed E-state index contributed by atoms with van der Waals surface area (Å²) in [5.41, 5.74) is -1.56. The van der Waals surface area contributed by atoms with Crippen LogP contribution in [-0.4, -0.2) is 82.8 Å². The Morgan fingerprint density at radius 1 is 1.24 bits per heavy atom. The lowest BCUT2D eigenvalue weighted by atomic mass is 9.57. The summed E-state index contributed by atoms with van der Waals surface area (Å²) >= 11 is 0. The van der Waals surface area contributed by atoms with E-state index in [0.717, 1.165) is 12.8 Å². The summed E-state index contributed by atoms with van der Waals surface area (Å²) in [4.78, 5) is 36.7. The van der Waals surface area contributed by atoms with Crippen molar-refractivity contribution in [3.05, 3.63) is 23.8 Å². The van der Waals surface area contributed by atoms with Gasteiger partial charge in [0.15, 0.2) is 0 Å². The molecule has 1 spiro atoms. The first-order chi connectivity index (χ1) is 16.2. The van der Waals surface area contributed by atoms with Crippen LogP contribution in [0.1, 0.15) is 43.6 Å². The van der Waals surface area contributed by atoms with Crippen LogP contribution < -0.4 is 5.32 Å². The molecule has 3 amide bonds. The number of ether oxygens (including phenoxy) is 1. The third-order valence-corrected chi connectivity index (χ3v) is 8.32. The highest BCUT2D eigenvalue weighted by Crippen LogP contribution is 2.58. The van der Waals surface area contributed by atoms with Crippen LogP contribution in [0, 0.1) is 11.3 Å². The third-order valence-electron chi connectivity index (χ3n) is 8.32. The van der Waals surface area contributed by atoms with Gasteiger partial charge in [-0.2, -0.15) is 13.2 Å². The number of carbonyl (C=O) groups excluding carboxylic acids is 2. The van der Waals surface area contributed by atoms with Gasteiger partial charge in [0.25, 0.3) is 0 Å². The SMILES string of the molecule is O=C1CO[C@H]2CCN(C(=O)N3CC4(CC(Cc5nccc(C6(C(F)(F)F)CC6)n5)C4)C3)C[C@H]2N1. The Balaban J connectivity index is 0.996. The number of hydrogen-bond acceptors (Lipinski definition) is 5. The lowest BCUT2D eigenvalue weighted by Gasteiger charge is -2.60. The third kappa shape index (κ3) is 3.63. The van der Waals surface area contributed by atoms with Gasteiger partial charge in [-0.25, -0.2) is 14.8 Å². The zero-order chi connectivity index (χ0) is 23.7. The van der Waals surface area contributed by atoms with E-state index < -0.39 is 11.6 Å². The van der Waals surface area contributed by atoms with Crippen molar-refractivity contribution >= 4 is 11.9 Å². The fourth-order valence-electron chi connectivity index (χ4n) is 6.37. The van der Waals surface area contributed by atoms with Crippen molar-refractivity contribution in [3.63, 3.8) is 0 Å². The molecule has 34 heavy (non-hydrogen) atoms. The van der Waals surface area contributed by atoms with Crippen LogP contribution in [0.2, 0.25) is 0 Å². The maximum absolute atomic E-state index is 13.4. The number of nitrogens with zero attached hydrogens (tertiary/aromatic N) is 4. The van der Waals surface area contributed by atoms with Gasteiger partial charge in [-0.05, 0) is 44.1 Å². The van der Waals surface area contributed by atoms with E-state index in [1.165, 1.54) is 12.3 Å². The average Bonchev–Trinajstić information content (AvgIpc) is 3.56. The van der Waals surface area contributed by atoms with Gasteiger partial charge in [-0.15, -0.1) is 0 Å². The summed E-state index contributed by atoms with van der Waals surface area (Å²) < 4.78 is 45.8. The summed E-state index contributed by atoms with van der Waals surface area (Å²) in [5.74, 6) is 0.679. The summed E-state index contributed by atoms with van der Waals surface area (Å²) in [6.07, 6.45) is 0.508. The lowest BCUT2D eigenvalue weighted by molar-refractivity contribution is -0.161. The molecule has 4 heterocycles. The molecule has 1 aromatic heterocycles. The summed E-state index contributed by atoms with van der Waals surface area (Å²) in [7, 11) is 0. The maximum Gasteiger partial charge on any atom is 0.399 e. The zero-order valence-corrected chi connectivity index (χ0v) is 18.8. The number of alkyl halides is 3. The van der Waals surface area contributed by atoms with E-state index in [4.69, 9.17) is 4.74 Å². The Morgan fingerprint density at radius 2 is 2.00 bits per heavy atom. The molecular formula is C23H28F3N5O3. The van der Waals surface area contributed by atoms with Crippen molar-refractivity contribution in [2.75, 3.05) is 32.8 Å². The van der Waals surface area contributed by atoms with Crippen molar-refractivity contribution in [1.82, 2.24) is 25.1 Å². The van der Waals surface area contributed by atoms with Gasteiger partial charge >= 0.3 is 12.2 Å². The van der Waals surface area contributed by atoms with Crippen molar-refractivity contribution in [3.8, 4) is 0 Å². The summed E-state index contributed by atoms with van der Waals surface area (Å²) in [6.45, 7) is 2.58. The number of nitrogens with one attached hydrogen (secondary N) is 1. The highest BCUT2D eigenvalue weighted by Gasteiger charge is 2.65. The van der Waals surface area contributed by atoms with Crippen LogP contribution in [0.4, 0.5) is 18.0 Å². The Labute approximate surface area is 195 Å². The van der Waals surface area contributed by atoms with Crippen molar-refractivity contribution in [2.45, 2.75) is 62.3 Å². The second kappa shape index (κ2) is 7.53. The number of halogens is 3. The van der Waals surface area contributed by atoms with Gasteiger partial charge in [0, 0.05) is 44.2 Å². The van der Waals surface area contributed by atoms with Gasteiger partial charge in [0.2, 0.25) is 5.91 Å². The molecule has 0 radical (unpaired) electrons. The molecule has 11 heteroatoms. The standard InChI is InChI=1S/C23H28F3N5O3/c24-23(25,26)22(3-4-22)17-1-5-27-18(29-17)7-14-8-21(9-14)12-31(13-21)20(33)30-6-2-16-15(10-30)28-19(32)11-34-16/h1,5,14-16H,2-4,6-13H2,(H,28,32)/t15-,16+/m1/s1. The monoisotopic (exact) mass is 479 g/mol. The number of hydrogen-bond donors (Lipinski definition) is 1. The fraction of sp³-hybridized carbons (Fsp3) is 0.739. The maximum atomic E-state index is 13.4. The van der Waals surface area contributed by atoms with Crippen molar-refractivity contribution in [1.29, 1.82) is 0 Å². The van der Waals surface area contributed by atoms with Gasteiger partial charge < -0.3 is 19.9 Å². The van der Waals surface area contributed by atoms with Gasteiger partial charge in [-0.1, -0.05) is 0 Å². The molecule has 1 aromatic rings. The van der Waals surface area contributed by atoms with E-state index in [0.29, 0.717) is 50.8 Å². The minimum atomic E-state index is -4.27. The van der Waals surface area contributed by atoms with Crippen molar-refractivity contribution in [2.24, 2.45) is 11.3 Å². The molecular weight excluding hydrogens is 451 g/mol. The smallest absolute Gasteiger partial charge is 0.366 e. The van der Waals surface area contributed by atoms with E-state index in [-0.39, 0.29) is 54.6 Å². The van der Waals surface area contributed by atoms with Crippen LogP contribution in [0.5, 0.6) is 0 Å². The number of likely N-dealkylation sites (tertiary alicyclic amines) is 2. The predicted molar refractivity (Wildman–Crippen MR) is 113 cm³/mol. The molecule has 3 saturated heterocycles. The Hall–Kier alpha value is -2.43. The average molecular weight is 480 g/mol. The van der Waals surface area contributed by atoms with Crippen LogP contribution in [0.3, 0.4) is 0 Å². The number of urea groups is 1. The first kappa shape index (κ1) is 22.1. The van der Waals surface area contributed by atoms with Crippen LogP contribution in [0.25, 0.3) is 0 Å². The number of carbonyl (C=O) groups is 2. The van der Waals surface area contributed by atoms with Crippen LogP contribution in [0.15, 0.2) is 12.3 Å². The normalized spacial score (nSPS) is 29.7. The quantitative estimate of drug-likeness (QED) is 0.717. The summed E-state index contributed by atoms with van der Waals surface area (Å²) in [6, 6.07) is 1.26. The number of piperidine rings is 1. The number of rotatable bonds is 3. The molecule has 0 bridgehead atoms. The van der Waals surface area contributed by atoms with Crippen LogP contribution >= 0.6 is 0 Å². The fourth-order valence-corrected chi connectivity index (χ4v) is 6.37. The molecule has 8 nitrogen and oxygen atoms in total. The minimum absolute atomic E-state index is 0.00487. The molecule has 1 N–H and O–H groups in total. The number of morpholine rings is 1. The number of aromatic nitrogens is 2. The highest BCUT2D eigenvalue weighted by molar-refractivity contribution is 5.79. The Kier molecular flexibility index (Phi) is 4.89. The van der Waals surface area contributed by atoms with E-state index >= 15 is 0 Å². The molecule has 5 fully saturated rings. The molecule has 2 aliphatic carbocycles. The van der Waals surface area contributed by atoms with E-state index in [1.807, 2.05) is 4.90 Å². The van der Waals surface area contributed by atoms with E-state index in [1.54, 1.807) is 4.90 Å². The van der Waals surface area contributed by atoms with Gasteiger partial charge in [-0.3, -0.25) is 4.79 Å². The van der Waals surface area contributed by atoms with E-state index in [2.05, 4.69) is 15.3 Å².